The quantitative estimate of drug-likeness (QED) is 0.321. The van der Waals surface area contributed by atoms with Crippen LogP contribution in [0.25, 0.3) is 11.4 Å². The minimum atomic E-state index is -4.58. The Kier molecular flexibility index (Phi) is 6.48. The van der Waals surface area contributed by atoms with Crippen LogP contribution in [0, 0.1) is 5.82 Å². The van der Waals surface area contributed by atoms with E-state index in [1.54, 1.807) is 7.05 Å². The highest BCUT2D eigenvalue weighted by Crippen LogP contribution is 2.35. The monoisotopic (exact) mass is 512 g/mol. The van der Waals surface area contributed by atoms with E-state index in [0.29, 0.717) is 11.8 Å². The Balaban J connectivity index is 1.54. The summed E-state index contributed by atoms with van der Waals surface area (Å²) in [4.78, 5) is 7.85. The fourth-order valence-corrected chi connectivity index (χ4v) is 3.54. The molecule has 176 valence electrons. The molecule has 0 aliphatic carbocycles. The molecular weight excluding hydrogens is 499 g/mol. The minimum Gasteiger partial charge on any atom is -0.438 e. The molecule has 0 amide bonds. The Morgan fingerprint density at radius 3 is 2.38 bits per heavy atom. The van der Waals surface area contributed by atoms with Crippen LogP contribution in [-0.4, -0.2) is 24.9 Å². The van der Waals surface area contributed by atoms with E-state index in [4.69, 9.17) is 27.9 Å². The highest BCUT2D eigenvalue weighted by molar-refractivity contribution is 6.33. The Labute approximate surface area is 200 Å². The summed E-state index contributed by atoms with van der Waals surface area (Å²) in [6.07, 6.45) is -5.18. The fraction of sp³-hybridized carbons (Fsp3) is 0.136. The van der Waals surface area contributed by atoms with Gasteiger partial charge in [0.25, 0.3) is 0 Å². The third kappa shape index (κ3) is 4.84. The van der Waals surface area contributed by atoms with E-state index in [9.17, 15) is 22.7 Å². The van der Waals surface area contributed by atoms with Crippen LogP contribution in [0.4, 0.5) is 17.6 Å². The Hall–Kier alpha value is -3.21. The van der Waals surface area contributed by atoms with E-state index in [0.717, 1.165) is 6.07 Å². The SMILES string of the molecule is Cn1nc(-c2c(F)cccc2Cl)nc1C(O)c1ccc(Oc2ncc(C(F)(F)F)cc2Cl)cc1. The van der Waals surface area contributed by atoms with E-state index in [1.165, 1.54) is 47.1 Å². The Morgan fingerprint density at radius 2 is 1.76 bits per heavy atom. The second kappa shape index (κ2) is 9.21. The fourth-order valence-electron chi connectivity index (χ4n) is 3.09. The van der Waals surface area contributed by atoms with E-state index < -0.39 is 23.7 Å². The van der Waals surface area contributed by atoms with Crippen LogP contribution in [0.15, 0.2) is 54.7 Å². The maximum atomic E-state index is 14.2. The third-order valence-corrected chi connectivity index (χ3v) is 5.36. The lowest BCUT2D eigenvalue weighted by atomic mass is 10.1. The number of aliphatic hydroxyl groups excluding tert-OH is 1. The summed E-state index contributed by atoms with van der Waals surface area (Å²) in [6.45, 7) is 0. The summed E-state index contributed by atoms with van der Waals surface area (Å²) in [5.41, 5.74) is -0.577. The molecule has 0 saturated heterocycles. The number of aryl methyl sites for hydroxylation is 1. The summed E-state index contributed by atoms with van der Waals surface area (Å²) in [5, 5.41) is 14.7. The van der Waals surface area contributed by atoms with E-state index in [2.05, 4.69) is 15.1 Å². The van der Waals surface area contributed by atoms with Gasteiger partial charge in [-0.2, -0.15) is 18.3 Å². The van der Waals surface area contributed by atoms with Gasteiger partial charge in [-0.15, -0.1) is 0 Å². The number of pyridine rings is 1. The van der Waals surface area contributed by atoms with Crippen molar-refractivity contribution in [2.24, 2.45) is 7.05 Å². The third-order valence-electron chi connectivity index (χ3n) is 4.77. The average Bonchev–Trinajstić information content (AvgIpc) is 3.15. The van der Waals surface area contributed by atoms with E-state index in [1.807, 2.05) is 0 Å². The standard InChI is InChI=1S/C22H14Cl2F4N4O2/c1-32-20(30-19(31-32)17-14(23)3-2-4-16(17)25)18(33)11-5-7-13(8-6-11)34-21-15(24)9-12(10-29-21)22(26,27)28/h2-10,18,33H,1H3. The molecule has 0 saturated carbocycles. The van der Waals surface area contributed by atoms with Crippen LogP contribution in [0.2, 0.25) is 10.0 Å². The lowest BCUT2D eigenvalue weighted by Gasteiger charge is -2.12. The van der Waals surface area contributed by atoms with Crippen molar-refractivity contribution in [2.45, 2.75) is 12.3 Å². The van der Waals surface area contributed by atoms with Gasteiger partial charge in [0.2, 0.25) is 5.88 Å². The number of hydrogen-bond acceptors (Lipinski definition) is 5. The van der Waals surface area contributed by atoms with Gasteiger partial charge < -0.3 is 9.84 Å². The van der Waals surface area contributed by atoms with Crippen LogP contribution in [0.3, 0.4) is 0 Å². The molecule has 0 radical (unpaired) electrons. The topological polar surface area (TPSA) is 73.1 Å². The Bertz CT molecular complexity index is 1320. The molecule has 0 aliphatic heterocycles. The Morgan fingerprint density at radius 1 is 1.06 bits per heavy atom. The highest BCUT2D eigenvalue weighted by atomic mass is 35.5. The van der Waals surface area contributed by atoms with Crippen LogP contribution >= 0.6 is 23.2 Å². The molecule has 0 bridgehead atoms. The number of hydrogen-bond donors (Lipinski definition) is 1. The average molecular weight is 513 g/mol. The first-order valence-corrected chi connectivity index (χ1v) is 10.3. The molecule has 12 heteroatoms. The zero-order chi connectivity index (χ0) is 24.6. The molecular formula is C22H14Cl2F4N4O2. The maximum absolute atomic E-state index is 14.2. The van der Waals surface area contributed by atoms with Crippen molar-refractivity contribution in [3.8, 4) is 23.0 Å². The van der Waals surface area contributed by atoms with Crippen molar-refractivity contribution >= 4 is 23.2 Å². The van der Waals surface area contributed by atoms with Crippen LogP contribution in [0.1, 0.15) is 23.1 Å². The molecule has 2 heterocycles. The van der Waals surface area contributed by atoms with Gasteiger partial charge in [-0.25, -0.2) is 19.0 Å². The number of nitrogens with zero attached hydrogens (tertiary/aromatic N) is 4. The minimum absolute atomic E-state index is 0.0163. The summed E-state index contributed by atoms with van der Waals surface area (Å²) in [5.74, 6) is -0.432. The molecule has 4 rings (SSSR count). The molecule has 2 aromatic carbocycles. The lowest BCUT2D eigenvalue weighted by molar-refractivity contribution is -0.137. The number of aliphatic hydroxyl groups is 1. The zero-order valence-corrected chi connectivity index (χ0v) is 18.7. The molecule has 1 atom stereocenters. The van der Waals surface area contributed by atoms with Gasteiger partial charge in [0, 0.05) is 13.2 Å². The van der Waals surface area contributed by atoms with Gasteiger partial charge in [0.1, 0.15) is 22.7 Å². The van der Waals surface area contributed by atoms with Crippen LogP contribution in [0.5, 0.6) is 11.6 Å². The molecule has 0 fully saturated rings. The first-order valence-electron chi connectivity index (χ1n) is 9.58. The van der Waals surface area contributed by atoms with Crippen molar-refractivity contribution in [1.29, 1.82) is 0 Å². The molecule has 0 aliphatic rings. The maximum Gasteiger partial charge on any atom is 0.417 e. The molecule has 2 aromatic heterocycles. The van der Waals surface area contributed by atoms with Crippen LogP contribution < -0.4 is 4.74 Å². The van der Waals surface area contributed by atoms with E-state index in [-0.39, 0.29) is 38.9 Å². The first-order chi connectivity index (χ1) is 16.0. The van der Waals surface area contributed by atoms with Crippen molar-refractivity contribution in [3.05, 3.63) is 87.5 Å². The second-order valence-corrected chi connectivity index (χ2v) is 7.91. The predicted octanol–water partition coefficient (Wildman–Crippen LogP) is 6.22. The first kappa shape index (κ1) is 23.9. The molecule has 1 N–H and O–H groups in total. The molecule has 6 nitrogen and oxygen atoms in total. The second-order valence-electron chi connectivity index (χ2n) is 7.10. The van der Waals surface area contributed by atoms with Gasteiger partial charge in [0.15, 0.2) is 11.6 Å². The molecule has 0 spiro atoms. The summed E-state index contributed by atoms with van der Waals surface area (Å²) < 4.78 is 59.2. The van der Waals surface area contributed by atoms with Gasteiger partial charge in [0.05, 0.1) is 16.1 Å². The predicted molar refractivity (Wildman–Crippen MR) is 116 cm³/mol. The number of alkyl halides is 3. The van der Waals surface area contributed by atoms with Gasteiger partial charge in [-0.3, -0.25) is 0 Å². The van der Waals surface area contributed by atoms with Crippen molar-refractivity contribution in [1.82, 2.24) is 19.7 Å². The van der Waals surface area contributed by atoms with Gasteiger partial charge in [-0.1, -0.05) is 41.4 Å². The summed E-state index contributed by atoms with van der Waals surface area (Å²) >= 11 is 11.9. The smallest absolute Gasteiger partial charge is 0.417 e. The summed E-state index contributed by atoms with van der Waals surface area (Å²) in [7, 11) is 1.54. The number of halogens is 6. The van der Waals surface area contributed by atoms with Crippen molar-refractivity contribution in [3.63, 3.8) is 0 Å². The van der Waals surface area contributed by atoms with Crippen molar-refractivity contribution in [2.75, 3.05) is 0 Å². The number of rotatable bonds is 5. The molecule has 34 heavy (non-hydrogen) atoms. The van der Waals surface area contributed by atoms with Crippen molar-refractivity contribution < 1.29 is 27.4 Å². The lowest BCUT2D eigenvalue weighted by Crippen LogP contribution is -2.08. The molecule has 1 unspecified atom stereocenters. The highest BCUT2D eigenvalue weighted by Gasteiger charge is 2.32. The van der Waals surface area contributed by atoms with Crippen LogP contribution in [-0.2, 0) is 13.2 Å². The largest absolute Gasteiger partial charge is 0.438 e. The number of aromatic nitrogens is 4. The van der Waals surface area contributed by atoms with Gasteiger partial charge in [-0.05, 0) is 35.9 Å². The van der Waals surface area contributed by atoms with E-state index >= 15 is 0 Å². The number of benzene rings is 2. The molecule has 4 aromatic rings. The number of ether oxygens (including phenoxy) is 1. The normalized spacial score (nSPS) is 12.6. The summed E-state index contributed by atoms with van der Waals surface area (Å²) in [6, 6.07) is 10.9. The van der Waals surface area contributed by atoms with Gasteiger partial charge >= 0.3 is 6.18 Å². The zero-order valence-electron chi connectivity index (χ0n) is 17.2.